The Morgan fingerprint density at radius 2 is 1.08 bits per heavy atom. The third-order valence-corrected chi connectivity index (χ3v) is 12.0. The van der Waals surface area contributed by atoms with Crippen LogP contribution in [0.15, 0.2) is 150 Å². The van der Waals surface area contributed by atoms with Crippen LogP contribution in [-0.4, -0.2) is 18.9 Å². The lowest BCUT2D eigenvalue weighted by atomic mass is 9.99. The van der Waals surface area contributed by atoms with E-state index in [2.05, 4.69) is 142 Å². The van der Waals surface area contributed by atoms with Gasteiger partial charge in [0.05, 0.1) is 38.8 Å². The van der Waals surface area contributed by atoms with E-state index in [1.807, 2.05) is 12.1 Å². The van der Waals surface area contributed by atoms with Crippen molar-refractivity contribution >= 4 is 114 Å². The number of hydrogen-bond acceptors (Lipinski definition) is 3. The summed E-state index contributed by atoms with van der Waals surface area (Å²) in [6, 6.07) is 52.4. The molecule has 6 heterocycles. The van der Waals surface area contributed by atoms with Crippen LogP contribution in [0.1, 0.15) is 0 Å². The summed E-state index contributed by atoms with van der Waals surface area (Å²) >= 11 is 0. The highest BCUT2D eigenvalue weighted by Crippen LogP contribution is 2.49. The van der Waals surface area contributed by atoms with Gasteiger partial charge in [0, 0.05) is 59.4 Å². The average Bonchev–Trinajstić information content (AvgIpc) is 3.93. The van der Waals surface area contributed by atoms with E-state index in [1.165, 1.54) is 59.6 Å². The lowest BCUT2D eigenvalue weighted by Gasteiger charge is -2.14. The molecule has 0 fully saturated rings. The molecular weight excluding hydrogens is 649 g/mol. The second kappa shape index (κ2) is 8.97. The summed E-state index contributed by atoms with van der Waals surface area (Å²) in [4.78, 5) is 11.0. The van der Waals surface area contributed by atoms with Gasteiger partial charge < -0.3 is 8.82 Å². The molecule has 0 aliphatic carbocycles. The average molecular weight is 673 g/mol. The van der Waals surface area contributed by atoms with E-state index in [-0.39, 0.29) is 0 Å². The lowest BCUT2D eigenvalue weighted by Crippen LogP contribution is -2.04. The van der Waals surface area contributed by atoms with Crippen LogP contribution in [0.2, 0.25) is 0 Å². The first-order chi connectivity index (χ1) is 26.3. The summed E-state index contributed by atoms with van der Waals surface area (Å²) in [6.45, 7) is 0. The third kappa shape index (κ3) is 3.05. The maximum atomic E-state index is 6.25. The largest absolute Gasteiger partial charge is 0.456 e. The molecule has 8 aromatic carbocycles. The first-order valence-electron chi connectivity index (χ1n) is 18.1. The molecule has 0 spiro atoms. The van der Waals surface area contributed by atoms with Crippen molar-refractivity contribution in [3.05, 3.63) is 146 Å². The molecule has 14 rings (SSSR count). The number of benzene rings is 8. The molecule has 5 nitrogen and oxygen atoms in total. The van der Waals surface area contributed by atoms with E-state index in [4.69, 9.17) is 14.4 Å². The molecule has 242 valence electrons. The highest BCUT2D eigenvalue weighted by molar-refractivity contribution is 6.37. The monoisotopic (exact) mass is 672 g/mol. The van der Waals surface area contributed by atoms with Crippen molar-refractivity contribution in [3.8, 4) is 17.2 Å². The van der Waals surface area contributed by atoms with E-state index in [9.17, 15) is 0 Å². The van der Waals surface area contributed by atoms with Crippen molar-refractivity contribution in [1.82, 2.24) is 18.9 Å². The van der Waals surface area contributed by atoms with Crippen LogP contribution in [0.5, 0.6) is 0 Å². The summed E-state index contributed by atoms with van der Waals surface area (Å²) in [7, 11) is 0. The molecule has 6 aromatic heterocycles. The molecule has 0 unspecified atom stereocenters. The predicted octanol–water partition coefficient (Wildman–Crippen LogP) is 12.6. The zero-order valence-corrected chi connectivity index (χ0v) is 28.1. The van der Waals surface area contributed by atoms with E-state index in [0.29, 0.717) is 5.95 Å². The quantitative estimate of drug-likeness (QED) is 0.172. The number of fused-ring (bicyclic) bond motifs is 9. The Morgan fingerprint density at radius 3 is 1.92 bits per heavy atom. The zero-order chi connectivity index (χ0) is 34.1. The highest BCUT2D eigenvalue weighted by atomic mass is 16.3. The van der Waals surface area contributed by atoms with Crippen LogP contribution in [0.25, 0.3) is 131 Å². The van der Waals surface area contributed by atoms with Gasteiger partial charge in [-0.2, -0.15) is 0 Å². The number of furan rings is 1. The minimum Gasteiger partial charge on any atom is -0.456 e. The molecule has 0 N–H and O–H groups in total. The molecule has 0 aliphatic rings. The first-order valence-corrected chi connectivity index (χ1v) is 18.1. The van der Waals surface area contributed by atoms with E-state index >= 15 is 0 Å². The number of nitrogens with zero attached hydrogens (tertiary/aromatic N) is 4. The Morgan fingerprint density at radius 1 is 0.415 bits per heavy atom. The van der Waals surface area contributed by atoms with Gasteiger partial charge in [-0.1, -0.05) is 103 Å². The molecule has 14 aromatic rings. The Balaban J connectivity index is 1.17. The van der Waals surface area contributed by atoms with Gasteiger partial charge in [-0.25, -0.2) is 9.97 Å². The van der Waals surface area contributed by atoms with Gasteiger partial charge in [0.1, 0.15) is 11.2 Å². The minimum absolute atomic E-state index is 0.657. The van der Waals surface area contributed by atoms with Gasteiger partial charge in [-0.3, -0.25) is 4.57 Å². The number of aromatic nitrogens is 4. The molecule has 53 heavy (non-hydrogen) atoms. The summed E-state index contributed by atoms with van der Waals surface area (Å²) in [5.41, 5.74) is 10.6. The maximum absolute atomic E-state index is 6.25. The SMILES string of the molecule is c1ccc2c(c1)ccc1nc(-n3c4cccc5c6cccc7c8cccc9c%10ccc3c(c54)c%10n(c67)c89)nc(-c3ccc4oc5ccccc5c4c3)c12. The van der Waals surface area contributed by atoms with Crippen LogP contribution < -0.4 is 0 Å². The summed E-state index contributed by atoms with van der Waals surface area (Å²) < 4.78 is 11.1. The second-order valence-corrected chi connectivity index (χ2v) is 14.5. The number of hydrogen-bond donors (Lipinski definition) is 0. The normalized spacial score (nSPS) is 12.9. The van der Waals surface area contributed by atoms with Crippen molar-refractivity contribution in [3.63, 3.8) is 0 Å². The van der Waals surface area contributed by atoms with Gasteiger partial charge >= 0.3 is 0 Å². The molecular formula is C48H24N4O. The molecule has 5 heteroatoms. The fourth-order valence-corrected chi connectivity index (χ4v) is 9.87. The number of para-hydroxylation sites is 3. The predicted molar refractivity (Wildman–Crippen MR) is 219 cm³/mol. The van der Waals surface area contributed by atoms with Crippen molar-refractivity contribution in [2.75, 3.05) is 0 Å². The summed E-state index contributed by atoms with van der Waals surface area (Å²) in [6.07, 6.45) is 0. The van der Waals surface area contributed by atoms with Crippen molar-refractivity contribution < 1.29 is 4.42 Å². The third-order valence-electron chi connectivity index (χ3n) is 12.0. The Kier molecular flexibility index (Phi) is 4.49. The van der Waals surface area contributed by atoms with Gasteiger partial charge in [0.25, 0.3) is 0 Å². The topological polar surface area (TPSA) is 48.3 Å². The van der Waals surface area contributed by atoms with Crippen LogP contribution in [0.3, 0.4) is 0 Å². The zero-order valence-electron chi connectivity index (χ0n) is 28.1. The van der Waals surface area contributed by atoms with Crippen LogP contribution in [0, 0.1) is 0 Å². The molecule has 0 radical (unpaired) electrons. The van der Waals surface area contributed by atoms with Crippen LogP contribution in [-0.2, 0) is 0 Å². The lowest BCUT2D eigenvalue weighted by molar-refractivity contribution is 0.669. The van der Waals surface area contributed by atoms with Gasteiger partial charge in [0.15, 0.2) is 0 Å². The van der Waals surface area contributed by atoms with E-state index < -0.39 is 0 Å². The molecule has 0 saturated heterocycles. The fourth-order valence-electron chi connectivity index (χ4n) is 9.87. The van der Waals surface area contributed by atoms with Crippen molar-refractivity contribution in [2.24, 2.45) is 0 Å². The van der Waals surface area contributed by atoms with E-state index in [1.54, 1.807) is 0 Å². The fraction of sp³-hybridized carbons (Fsp3) is 0. The van der Waals surface area contributed by atoms with Crippen molar-refractivity contribution in [2.45, 2.75) is 0 Å². The Bertz CT molecular complexity index is 3860. The minimum atomic E-state index is 0.657. The molecule has 0 atom stereocenters. The summed E-state index contributed by atoms with van der Waals surface area (Å²) in [5.74, 6) is 0.657. The van der Waals surface area contributed by atoms with Gasteiger partial charge in [-0.05, 0) is 58.6 Å². The Hall–Kier alpha value is -7.24. The summed E-state index contributed by atoms with van der Waals surface area (Å²) in [5, 5.41) is 15.7. The highest BCUT2D eigenvalue weighted by Gasteiger charge is 2.27. The molecule has 0 bridgehead atoms. The van der Waals surface area contributed by atoms with Gasteiger partial charge in [0.2, 0.25) is 5.95 Å². The maximum Gasteiger partial charge on any atom is 0.235 e. The number of rotatable bonds is 2. The molecule has 0 saturated carbocycles. The Labute approximate surface area is 299 Å². The first kappa shape index (κ1) is 26.6. The van der Waals surface area contributed by atoms with Crippen molar-refractivity contribution in [1.29, 1.82) is 0 Å². The smallest absolute Gasteiger partial charge is 0.235 e. The van der Waals surface area contributed by atoms with Crippen LogP contribution >= 0.6 is 0 Å². The molecule has 0 aliphatic heterocycles. The van der Waals surface area contributed by atoms with E-state index in [0.717, 1.165) is 65.9 Å². The standard InChI is InChI=1S/C48H24N4O/c1-2-9-27-25(8-1)18-21-36-41(27)44(26-19-23-40-35(24-26)28-10-3-4-17-39(28)53-40)50-48(49-36)51-37-16-7-11-29-30-12-5-13-31-32-14-6-15-33-34-20-22-38(51)43(42(29)37)47(34)52(45(30)31)46(32)33/h1-24H. The van der Waals surface area contributed by atoms with Gasteiger partial charge in [-0.15, -0.1) is 0 Å². The van der Waals surface area contributed by atoms with Crippen LogP contribution in [0.4, 0.5) is 0 Å². The molecule has 0 amide bonds. The second-order valence-electron chi connectivity index (χ2n) is 14.5.